The minimum Gasteiger partial charge on any atom is -0.384 e. The Kier molecular flexibility index (Phi) is 7.62. The Hall–Kier alpha value is -2.51. The summed E-state index contributed by atoms with van der Waals surface area (Å²) in [4.78, 5) is 18.6. The van der Waals surface area contributed by atoms with Crippen molar-refractivity contribution in [3.8, 4) is 11.1 Å². The maximum atomic E-state index is 15.9. The van der Waals surface area contributed by atoms with Gasteiger partial charge in [-0.1, -0.05) is 6.07 Å². The minimum absolute atomic E-state index is 0.0190. The van der Waals surface area contributed by atoms with Gasteiger partial charge >= 0.3 is 0 Å². The number of pyridine rings is 1. The van der Waals surface area contributed by atoms with E-state index in [0.717, 1.165) is 22.5 Å². The van der Waals surface area contributed by atoms with Gasteiger partial charge in [0, 0.05) is 50.1 Å². The van der Waals surface area contributed by atoms with Crippen molar-refractivity contribution in [3.05, 3.63) is 47.0 Å². The van der Waals surface area contributed by atoms with Gasteiger partial charge in [0.05, 0.1) is 24.5 Å². The summed E-state index contributed by atoms with van der Waals surface area (Å²) >= 11 is 0. The van der Waals surface area contributed by atoms with Crippen LogP contribution in [0.25, 0.3) is 11.1 Å². The molecular weight excluding hydrogens is 397 g/mol. The molecule has 0 saturated carbocycles. The van der Waals surface area contributed by atoms with Crippen LogP contribution in [-0.4, -0.2) is 49.9 Å². The van der Waals surface area contributed by atoms with Gasteiger partial charge < -0.3 is 19.7 Å². The molecule has 2 aromatic rings. The smallest absolute Gasteiger partial charge is 0.222 e. The fourth-order valence-corrected chi connectivity index (χ4v) is 4.13. The van der Waals surface area contributed by atoms with E-state index >= 15 is 4.39 Å². The molecule has 1 N–H and O–H groups in total. The van der Waals surface area contributed by atoms with Gasteiger partial charge in [0.1, 0.15) is 0 Å². The van der Waals surface area contributed by atoms with E-state index in [1.54, 1.807) is 7.11 Å². The fraction of sp³-hybridized carbons (Fsp3) is 0.500. The van der Waals surface area contributed by atoms with E-state index in [4.69, 9.17) is 9.47 Å². The summed E-state index contributed by atoms with van der Waals surface area (Å²) < 4.78 is 26.7. The summed E-state index contributed by atoms with van der Waals surface area (Å²) in [5.41, 5.74) is 4.39. The fourth-order valence-electron chi connectivity index (χ4n) is 4.13. The number of ether oxygens (including phenoxy) is 2. The predicted octanol–water partition coefficient (Wildman–Crippen LogP) is 3.77. The van der Waals surface area contributed by atoms with Crippen molar-refractivity contribution >= 4 is 11.6 Å². The highest BCUT2D eigenvalue weighted by atomic mass is 19.1. The van der Waals surface area contributed by atoms with Crippen LogP contribution >= 0.6 is 0 Å². The highest BCUT2D eigenvalue weighted by Crippen LogP contribution is 2.33. The first kappa shape index (κ1) is 23.2. The highest BCUT2D eigenvalue weighted by molar-refractivity contribution is 5.77. The Balaban J connectivity index is 2.00. The van der Waals surface area contributed by atoms with E-state index in [9.17, 15) is 4.79 Å². The van der Waals surface area contributed by atoms with Crippen LogP contribution < -0.4 is 10.2 Å². The molecule has 0 bridgehead atoms. The maximum absolute atomic E-state index is 15.9. The molecule has 2 heterocycles. The lowest BCUT2D eigenvalue weighted by Gasteiger charge is -2.37. The van der Waals surface area contributed by atoms with Crippen LogP contribution in [0.3, 0.4) is 0 Å². The van der Waals surface area contributed by atoms with Crippen LogP contribution in [0.15, 0.2) is 24.3 Å². The van der Waals surface area contributed by atoms with E-state index in [-0.39, 0.29) is 36.9 Å². The lowest BCUT2D eigenvalue weighted by molar-refractivity contribution is -0.122. The topological polar surface area (TPSA) is 63.7 Å². The molecule has 1 aliphatic rings. The third-order valence-corrected chi connectivity index (χ3v) is 5.37. The number of aromatic nitrogens is 1. The lowest BCUT2D eigenvalue weighted by Crippen LogP contribution is -2.46. The van der Waals surface area contributed by atoms with Crippen LogP contribution in [0.1, 0.15) is 37.2 Å². The Morgan fingerprint density at radius 1 is 1.23 bits per heavy atom. The molecular formula is C24H32FN3O3. The molecule has 2 atom stereocenters. The third kappa shape index (κ3) is 5.80. The summed E-state index contributed by atoms with van der Waals surface area (Å²) in [5.74, 6) is -0.480. The Morgan fingerprint density at radius 3 is 2.48 bits per heavy atom. The van der Waals surface area contributed by atoms with Crippen LogP contribution in [0.4, 0.5) is 10.1 Å². The second-order valence-electron chi connectivity index (χ2n) is 8.25. The number of carbonyl (C=O) groups excluding carboxylic acids is 1. The summed E-state index contributed by atoms with van der Waals surface area (Å²) in [7, 11) is 1.55. The first-order valence-corrected chi connectivity index (χ1v) is 10.7. The number of halogens is 1. The maximum Gasteiger partial charge on any atom is 0.222 e. The Bertz CT molecular complexity index is 904. The number of morpholine rings is 1. The monoisotopic (exact) mass is 429 g/mol. The number of hydrogen-bond acceptors (Lipinski definition) is 5. The molecule has 1 saturated heterocycles. The van der Waals surface area contributed by atoms with E-state index in [2.05, 4.69) is 10.3 Å². The van der Waals surface area contributed by atoms with Crippen molar-refractivity contribution in [2.75, 3.05) is 31.7 Å². The number of aryl methyl sites for hydroxylation is 2. The Morgan fingerprint density at radius 2 is 1.87 bits per heavy atom. The van der Waals surface area contributed by atoms with Crippen molar-refractivity contribution in [2.45, 2.75) is 52.9 Å². The molecule has 0 radical (unpaired) electrons. The molecule has 0 aliphatic carbocycles. The van der Waals surface area contributed by atoms with E-state index in [1.165, 1.54) is 0 Å². The van der Waals surface area contributed by atoms with Crippen molar-refractivity contribution < 1.29 is 18.7 Å². The second-order valence-corrected chi connectivity index (χ2v) is 8.25. The number of benzene rings is 1. The molecule has 1 fully saturated rings. The predicted molar refractivity (Wildman–Crippen MR) is 120 cm³/mol. The van der Waals surface area contributed by atoms with Gasteiger partial charge in [-0.3, -0.25) is 9.78 Å². The molecule has 2 unspecified atom stereocenters. The summed E-state index contributed by atoms with van der Waals surface area (Å²) in [6.45, 7) is 9.50. The van der Waals surface area contributed by atoms with Gasteiger partial charge in [-0.2, -0.15) is 0 Å². The van der Waals surface area contributed by atoms with Crippen molar-refractivity contribution in [1.29, 1.82) is 0 Å². The number of carbonyl (C=O) groups is 1. The van der Waals surface area contributed by atoms with Crippen LogP contribution in [-0.2, 0) is 20.8 Å². The molecule has 3 rings (SSSR count). The molecule has 31 heavy (non-hydrogen) atoms. The van der Waals surface area contributed by atoms with Gasteiger partial charge in [0.15, 0.2) is 5.82 Å². The van der Waals surface area contributed by atoms with E-state index < -0.39 is 0 Å². The number of hydrogen-bond donors (Lipinski definition) is 1. The number of nitrogens with one attached hydrogen (secondary N) is 1. The zero-order valence-electron chi connectivity index (χ0n) is 19.0. The normalized spacial score (nSPS) is 18.8. The van der Waals surface area contributed by atoms with E-state index in [0.29, 0.717) is 30.9 Å². The lowest BCUT2D eigenvalue weighted by atomic mass is 9.97. The molecule has 1 aromatic carbocycles. The Labute approximate surface area is 183 Å². The van der Waals surface area contributed by atoms with Crippen LogP contribution in [0.2, 0.25) is 0 Å². The molecule has 0 spiro atoms. The zero-order chi connectivity index (χ0) is 22.5. The largest absolute Gasteiger partial charge is 0.384 e. The molecule has 1 amide bonds. The first-order chi connectivity index (χ1) is 14.8. The minimum atomic E-state index is -0.307. The molecule has 6 nitrogen and oxygen atoms in total. The van der Waals surface area contributed by atoms with Crippen molar-refractivity contribution in [3.63, 3.8) is 0 Å². The van der Waals surface area contributed by atoms with Crippen molar-refractivity contribution in [2.24, 2.45) is 0 Å². The number of amides is 1. The average molecular weight is 430 g/mol. The summed E-state index contributed by atoms with van der Waals surface area (Å²) in [5, 5.41) is 2.84. The molecule has 168 valence electrons. The van der Waals surface area contributed by atoms with Crippen molar-refractivity contribution in [1.82, 2.24) is 10.3 Å². The number of anilines is 1. The quantitative estimate of drug-likeness (QED) is 0.726. The second kappa shape index (κ2) is 10.2. The van der Waals surface area contributed by atoms with Gasteiger partial charge in [-0.05, 0) is 57.0 Å². The highest BCUT2D eigenvalue weighted by Gasteiger charge is 2.26. The standard InChI is InChI=1S/C24H32FN3O3/c1-15-10-19(11-16(2)27-15)20-6-7-22(28-13-17(3)31-18(4)14-28)24(25)21(20)12-26-23(29)8-9-30-5/h6-7,10-11,17-18H,8-9,12-14H2,1-5H3,(H,26,29). The number of nitrogens with zero attached hydrogens (tertiary/aromatic N) is 2. The number of methoxy groups -OCH3 is 1. The SMILES string of the molecule is COCCC(=O)NCc1c(-c2cc(C)nc(C)c2)ccc(N2CC(C)OC(C)C2)c1F. The molecule has 1 aromatic heterocycles. The van der Waals surface area contributed by atoms with Gasteiger partial charge in [0.2, 0.25) is 5.91 Å². The molecule has 1 aliphatic heterocycles. The summed E-state index contributed by atoms with van der Waals surface area (Å²) in [6.07, 6.45) is 0.273. The number of rotatable bonds is 7. The van der Waals surface area contributed by atoms with Gasteiger partial charge in [-0.15, -0.1) is 0 Å². The van der Waals surface area contributed by atoms with Gasteiger partial charge in [0.25, 0.3) is 0 Å². The van der Waals surface area contributed by atoms with Crippen LogP contribution in [0.5, 0.6) is 0 Å². The average Bonchev–Trinajstić information content (AvgIpc) is 2.69. The zero-order valence-corrected chi connectivity index (χ0v) is 19.0. The molecule has 7 heteroatoms. The first-order valence-electron chi connectivity index (χ1n) is 10.7. The van der Waals surface area contributed by atoms with Crippen LogP contribution in [0, 0.1) is 19.7 Å². The summed E-state index contributed by atoms with van der Waals surface area (Å²) in [6, 6.07) is 7.65. The van der Waals surface area contributed by atoms with Gasteiger partial charge in [-0.25, -0.2) is 4.39 Å². The third-order valence-electron chi connectivity index (χ3n) is 5.37. The van der Waals surface area contributed by atoms with E-state index in [1.807, 2.05) is 56.9 Å².